The van der Waals surface area contributed by atoms with Gasteiger partial charge in [-0.25, -0.2) is 9.99 Å². The fourth-order valence-electron chi connectivity index (χ4n) is 8.14. The molecule has 18 nitrogen and oxygen atoms in total. The SMILES string of the molecule is COc1cc(C(=O)NN2CC(N3CCN(c4cccc5c4C(=O)N(C4CCC(=O)NC4=O)C5=O)CC3)C2)ccc1Nc1ncc2c(n1)N(C(C)C)CC(F)(F)C(=O)N2C. The molecule has 8 rings (SSSR count). The van der Waals surface area contributed by atoms with Crippen molar-refractivity contribution in [1.82, 2.24) is 35.5 Å². The fraction of sp³-hybridized carbons (Fsp3) is 0.436. The van der Waals surface area contributed by atoms with Crippen LogP contribution in [0.25, 0.3) is 0 Å². The van der Waals surface area contributed by atoms with E-state index in [4.69, 9.17) is 4.74 Å². The smallest absolute Gasteiger partial charge is 0.342 e. The Morgan fingerprint density at radius 2 is 1.75 bits per heavy atom. The number of hydrazine groups is 1. The number of carbonyl (C=O) groups is 6. The Kier molecular flexibility index (Phi) is 10.2. The lowest BCUT2D eigenvalue weighted by atomic mass is 10.0. The molecule has 3 N–H and O–H groups in total. The number of alkyl halides is 2. The van der Waals surface area contributed by atoms with Gasteiger partial charge >= 0.3 is 5.92 Å². The van der Waals surface area contributed by atoms with E-state index in [9.17, 15) is 37.5 Å². The number of halogens is 2. The number of amides is 6. The summed E-state index contributed by atoms with van der Waals surface area (Å²) in [7, 11) is 2.71. The molecule has 59 heavy (non-hydrogen) atoms. The first-order chi connectivity index (χ1) is 28.1. The molecule has 6 heterocycles. The van der Waals surface area contributed by atoms with E-state index >= 15 is 0 Å². The quantitative estimate of drug-likeness (QED) is 0.264. The van der Waals surface area contributed by atoms with Crippen molar-refractivity contribution in [3.8, 4) is 5.75 Å². The number of ether oxygens (including phenoxy) is 1. The second-order valence-electron chi connectivity index (χ2n) is 15.4. The van der Waals surface area contributed by atoms with E-state index < -0.39 is 54.1 Å². The van der Waals surface area contributed by atoms with Crippen LogP contribution in [0.5, 0.6) is 5.75 Å². The second-order valence-corrected chi connectivity index (χ2v) is 15.4. The molecule has 0 bridgehead atoms. The number of hydrogen-bond donors (Lipinski definition) is 3. The van der Waals surface area contributed by atoms with Crippen molar-refractivity contribution in [2.24, 2.45) is 0 Å². The van der Waals surface area contributed by atoms with Gasteiger partial charge in [0, 0.05) is 70.4 Å². The Balaban J connectivity index is 0.859. The lowest BCUT2D eigenvalue weighted by Gasteiger charge is -2.48. The van der Waals surface area contributed by atoms with Crippen LogP contribution in [0.15, 0.2) is 42.6 Å². The molecule has 1 aromatic heterocycles. The van der Waals surface area contributed by atoms with Crippen LogP contribution in [0.1, 0.15) is 57.8 Å². The van der Waals surface area contributed by atoms with Crippen molar-refractivity contribution in [1.29, 1.82) is 0 Å². The molecule has 20 heteroatoms. The van der Waals surface area contributed by atoms with E-state index in [1.54, 1.807) is 44.2 Å². The monoisotopic (exact) mass is 815 g/mol. The minimum Gasteiger partial charge on any atom is -0.495 e. The summed E-state index contributed by atoms with van der Waals surface area (Å²) in [6.45, 7) is 6.37. The Morgan fingerprint density at radius 3 is 2.44 bits per heavy atom. The number of benzene rings is 2. The van der Waals surface area contributed by atoms with Crippen molar-refractivity contribution in [2.45, 2.75) is 50.7 Å². The lowest BCUT2D eigenvalue weighted by molar-refractivity contribution is -0.140. The van der Waals surface area contributed by atoms with Crippen LogP contribution in [0, 0.1) is 0 Å². The number of carbonyl (C=O) groups excluding carboxylic acids is 6. The Bertz CT molecular complexity index is 2260. The standard InChI is InChI=1S/C39H43F2N11O7/c1-21(2)51-20-39(40,41)37(58)47(3)28-17-42-38(45-32(28)51)43-25-9-8-22(16-29(25)59-4)33(54)46-50-18-23(19-50)48-12-14-49(15-13-48)26-7-5-6-24-31(26)36(57)52(35(24)56)27-10-11-30(53)44-34(27)55/h5-9,16-17,21,23,27H,10-15,18-20H2,1-4H3,(H,46,54)(H,42,43,45)(H,44,53,55). The third kappa shape index (κ3) is 7.15. The molecule has 2 aromatic carbocycles. The molecule has 3 fully saturated rings. The molecule has 1 atom stereocenters. The molecule has 0 spiro atoms. The first kappa shape index (κ1) is 39.5. The van der Waals surface area contributed by atoms with Crippen molar-refractivity contribution < 1.29 is 42.3 Å². The highest BCUT2D eigenvalue weighted by Crippen LogP contribution is 2.38. The first-order valence-corrected chi connectivity index (χ1v) is 19.3. The summed E-state index contributed by atoms with van der Waals surface area (Å²) in [5, 5.41) is 7.10. The van der Waals surface area contributed by atoms with Crippen LogP contribution in [0.4, 0.5) is 37.6 Å². The summed E-state index contributed by atoms with van der Waals surface area (Å²) < 4.78 is 35.1. The first-order valence-electron chi connectivity index (χ1n) is 19.3. The van der Waals surface area contributed by atoms with Gasteiger partial charge in [-0.05, 0) is 50.6 Å². The van der Waals surface area contributed by atoms with Gasteiger partial charge in [-0.1, -0.05) is 6.07 Å². The maximum atomic E-state index is 14.7. The van der Waals surface area contributed by atoms with Gasteiger partial charge in [0.2, 0.25) is 17.8 Å². The summed E-state index contributed by atoms with van der Waals surface area (Å²) in [4.78, 5) is 93.3. The number of nitrogens with one attached hydrogen (secondary N) is 3. The van der Waals surface area contributed by atoms with Gasteiger partial charge in [-0.15, -0.1) is 0 Å². The number of piperidine rings is 1. The molecule has 1 unspecified atom stereocenters. The molecular formula is C39H43F2N11O7. The Hall–Kier alpha value is -6.28. The molecule has 0 radical (unpaired) electrons. The summed E-state index contributed by atoms with van der Waals surface area (Å²) in [5.41, 5.74) is 5.00. The molecule has 3 aromatic rings. The largest absolute Gasteiger partial charge is 0.495 e. The number of aromatic nitrogens is 2. The topological polar surface area (TPSA) is 193 Å². The van der Waals surface area contributed by atoms with Crippen LogP contribution in [0.2, 0.25) is 0 Å². The Morgan fingerprint density at radius 1 is 1.00 bits per heavy atom. The molecule has 0 aliphatic carbocycles. The average molecular weight is 816 g/mol. The number of nitrogens with zero attached hydrogens (tertiary/aromatic N) is 8. The molecular weight excluding hydrogens is 772 g/mol. The maximum Gasteiger partial charge on any atom is 0.342 e. The summed E-state index contributed by atoms with van der Waals surface area (Å²) in [6, 6.07) is 8.68. The summed E-state index contributed by atoms with van der Waals surface area (Å²) in [6.07, 6.45) is 1.45. The van der Waals surface area contributed by atoms with E-state index in [1.165, 1.54) is 25.3 Å². The highest BCUT2D eigenvalue weighted by atomic mass is 19.3. The van der Waals surface area contributed by atoms with E-state index in [-0.39, 0.29) is 53.4 Å². The minimum absolute atomic E-state index is 0.0495. The predicted molar refractivity (Wildman–Crippen MR) is 209 cm³/mol. The number of rotatable bonds is 9. The summed E-state index contributed by atoms with van der Waals surface area (Å²) >= 11 is 0. The van der Waals surface area contributed by atoms with Gasteiger partial charge in [-0.3, -0.25) is 49.3 Å². The maximum absolute atomic E-state index is 14.7. The minimum atomic E-state index is -3.62. The third-order valence-electron chi connectivity index (χ3n) is 11.4. The molecule has 0 saturated carbocycles. The van der Waals surface area contributed by atoms with Gasteiger partial charge in [-0.2, -0.15) is 13.8 Å². The Labute approximate surface area is 337 Å². The van der Waals surface area contributed by atoms with Crippen LogP contribution in [0.3, 0.4) is 0 Å². The average Bonchev–Trinajstić information content (AvgIpc) is 3.42. The fourth-order valence-corrected chi connectivity index (χ4v) is 8.14. The zero-order valence-corrected chi connectivity index (χ0v) is 32.8. The molecule has 310 valence electrons. The van der Waals surface area contributed by atoms with Gasteiger partial charge in [0.05, 0.1) is 42.4 Å². The highest BCUT2D eigenvalue weighted by molar-refractivity contribution is 6.25. The number of anilines is 5. The third-order valence-corrected chi connectivity index (χ3v) is 11.4. The zero-order chi connectivity index (χ0) is 41.9. The normalized spacial score (nSPS) is 21.3. The lowest BCUT2D eigenvalue weighted by Crippen LogP contribution is -2.66. The van der Waals surface area contributed by atoms with Crippen LogP contribution in [-0.4, -0.2) is 144 Å². The van der Waals surface area contributed by atoms with E-state index in [0.717, 1.165) is 9.80 Å². The van der Waals surface area contributed by atoms with Crippen molar-refractivity contribution in [2.75, 3.05) is 80.0 Å². The molecule has 5 aliphatic rings. The van der Waals surface area contributed by atoms with Gasteiger partial charge in [0.1, 0.15) is 17.5 Å². The number of fused-ring (bicyclic) bond motifs is 2. The molecule has 3 saturated heterocycles. The van der Waals surface area contributed by atoms with Crippen LogP contribution >= 0.6 is 0 Å². The number of imide groups is 2. The highest BCUT2D eigenvalue weighted by Gasteiger charge is 2.49. The van der Waals surface area contributed by atoms with E-state index in [0.29, 0.717) is 62.0 Å². The van der Waals surface area contributed by atoms with Crippen LogP contribution in [-0.2, 0) is 14.4 Å². The van der Waals surface area contributed by atoms with E-state index in [2.05, 4.69) is 35.8 Å². The number of methoxy groups -OCH3 is 1. The van der Waals surface area contributed by atoms with Gasteiger partial charge in [0.15, 0.2) is 5.82 Å². The van der Waals surface area contributed by atoms with Crippen LogP contribution < -0.4 is 35.5 Å². The second kappa shape index (κ2) is 15.1. The summed E-state index contributed by atoms with van der Waals surface area (Å²) in [5.74, 6) is -6.89. The zero-order valence-electron chi connectivity index (χ0n) is 32.8. The molecule has 5 aliphatic heterocycles. The molecule has 6 amide bonds. The number of hydrogen-bond acceptors (Lipinski definition) is 14. The predicted octanol–water partition coefficient (Wildman–Crippen LogP) is 1.61. The number of piperazine rings is 1. The van der Waals surface area contributed by atoms with E-state index in [1.807, 2.05) is 11.1 Å². The van der Waals surface area contributed by atoms with Crippen molar-refractivity contribution >= 4 is 64.3 Å². The van der Waals surface area contributed by atoms with Gasteiger partial charge in [0.25, 0.3) is 23.6 Å². The van der Waals surface area contributed by atoms with Gasteiger partial charge < -0.3 is 24.8 Å². The van der Waals surface area contributed by atoms with Crippen molar-refractivity contribution in [3.05, 3.63) is 59.3 Å². The van der Waals surface area contributed by atoms with Crippen molar-refractivity contribution in [3.63, 3.8) is 0 Å².